The van der Waals surface area contributed by atoms with Crippen molar-refractivity contribution in [2.24, 2.45) is 0 Å². The number of carbonyl (C=O) groups is 6. The molecule has 2 N–H and O–H groups in total. The number of anilines is 1. The first-order valence-electron chi connectivity index (χ1n) is 14.3. The van der Waals surface area contributed by atoms with Gasteiger partial charge in [0, 0.05) is 16.8 Å². The topological polar surface area (TPSA) is 184 Å². The monoisotopic (exact) mass is 659 g/mol. The molecule has 0 aromatic heterocycles. The molecule has 0 atom stereocenters. The Morgan fingerprint density at radius 3 is 1.25 bits per heavy atom. The van der Waals surface area contributed by atoms with E-state index in [1.165, 1.54) is 50.2 Å². The van der Waals surface area contributed by atoms with Crippen molar-refractivity contribution in [2.45, 2.75) is 20.8 Å². The van der Waals surface area contributed by atoms with Gasteiger partial charge in [0.25, 0.3) is 0 Å². The number of nitrogens with two attached hydrogens (primary N) is 1. The predicted octanol–water partition coefficient (Wildman–Crippen LogP) is 4.57. The van der Waals surface area contributed by atoms with Crippen LogP contribution >= 0.6 is 0 Å². The molecular formula is C35H33NO12. The van der Waals surface area contributed by atoms with Crippen LogP contribution in [0.15, 0.2) is 85.0 Å². The molecule has 48 heavy (non-hydrogen) atoms. The number of carbonyl (C=O) groups excluding carboxylic acids is 6. The van der Waals surface area contributed by atoms with Gasteiger partial charge in [0.05, 0.1) is 22.3 Å². The molecule has 0 radical (unpaired) electrons. The summed E-state index contributed by atoms with van der Waals surface area (Å²) in [5.41, 5.74) is 5.32. The third-order valence-electron chi connectivity index (χ3n) is 6.16. The highest BCUT2D eigenvalue weighted by Crippen LogP contribution is 2.24. The van der Waals surface area contributed by atoms with Gasteiger partial charge in [0.2, 0.25) is 0 Å². The van der Waals surface area contributed by atoms with E-state index in [-0.39, 0.29) is 35.9 Å². The summed E-state index contributed by atoms with van der Waals surface area (Å²) in [7, 11) is 0. The number of hydrogen-bond donors (Lipinski definition) is 1. The highest BCUT2D eigenvalue weighted by Gasteiger charge is 2.29. The predicted molar refractivity (Wildman–Crippen MR) is 171 cm³/mol. The van der Waals surface area contributed by atoms with Crippen molar-refractivity contribution in [3.63, 3.8) is 0 Å². The van der Waals surface area contributed by atoms with Gasteiger partial charge in [-0.15, -0.1) is 0 Å². The zero-order valence-corrected chi connectivity index (χ0v) is 26.5. The van der Waals surface area contributed by atoms with Gasteiger partial charge in [-0.2, -0.15) is 0 Å². The van der Waals surface area contributed by atoms with Gasteiger partial charge >= 0.3 is 35.8 Å². The van der Waals surface area contributed by atoms with Gasteiger partial charge in [-0.05, 0) is 69.3 Å². The summed E-state index contributed by atoms with van der Waals surface area (Å²) in [6.07, 6.45) is 0. The smallest absolute Gasteiger partial charge is 0.344 e. The molecule has 3 aromatic rings. The minimum absolute atomic E-state index is 0.0526. The number of aryl methyl sites for hydroxylation is 1. The molecule has 0 aliphatic carbocycles. The van der Waals surface area contributed by atoms with E-state index < -0.39 is 71.3 Å². The Kier molecular flexibility index (Phi) is 12.8. The van der Waals surface area contributed by atoms with Crippen LogP contribution in [0.2, 0.25) is 0 Å². The Hall–Kier alpha value is -6.24. The molecule has 0 fully saturated rings. The van der Waals surface area contributed by atoms with Gasteiger partial charge in [-0.1, -0.05) is 30.9 Å². The molecule has 0 saturated heterocycles. The first-order chi connectivity index (χ1) is 22.8. The Labute approximate surface area is 275 Å². The summed E-state index contributed by atoms with van der Waals surface area (Å²) in [5, 5.41) is 0. The second-order valence-corrected chi connectivity index (χ2v) is 10.2. The van der Waals surface area contributed by atoms with Crippen molar-refractivity contribution in [1.29, 1.82) is 0 Å². The van der Waals surface area contributed by atoms with Crippen molar-refractivity contribution in [3.05, 3.63) is 113 Å². The Bertz CT molecular complexity index is 1620. The highest BCUT2D eigenvalue weighted by atomic mass is 16.6. The number of hydrogen-bond acceptors (Lipinski definition) is 13. The molecule has 0 spiro atoms. The number of esters is 6. The fraction of sp³-hybridized carbons (Fsp3) is 0.200. The average Bonchev–Trinajstić information content (AvgIpc) is 3.05. The van der Waals surface area contributed by atoms with Crippen LogP contribution in [0.1, 0.15) is 60.8 Å². The number of ether oxygens (including phenoxy) is 6. The van der Waals surface area contributed by atoms with Crippen molar-refractivity contribution in [1.82, 2.24) is 0 Å². The molecule has 250 valence electrons. The van der Waals surface area contributed by atoms with E-state index in [4.69, 9.17) is 34.2 Å². The lowest BCUT2D eigenvalue weighted by Gasteiger charge is -2.15. The van der Waals surface area contributed by atoms with Crippen LogP contribution in [0.25, 0.3) is 0 Å². The van der Waals surface area contributed by atoms with Crippen LogP contribution in [0.5, 0.6) is 11.5 Å². The number of benzene rings is 3. The van der Waals surface area contributed by atoms with Gasteiger partial charge < -0.3 is 34.2 Å². The molecule has 0 aliphatic rings. The van der Waals surface area contributed by atoms with Crippen molar-refractivity contribution >= 4 is 41.5 Å². The second kappa shape index (κ2) is 16.9. The molecule has 0 saturated carbocycles. The molecule has 13 heteroatoms. The minimum atomic E-state index is -1.13. The van der Waals surface area contributed by atoms with Crippen LogP contribution in [-0.2, 0) is 28.5 Å². The molecule has 13 nitrogen and oxygen atoms in total. The molecular weight excluding hydrogens is 626 g/mol. The standard InChI is InChI=1S/C35H33NO12/c1-20(2)30(37)43-14-16-45-32(39)26-18-27(33(40)46-17-15-44-31(38)21(3)4)29(35(42)48-25-12-8-23(36)9-13-25)19-28(26)34(41)47-24-10-6-22(5)7-11-24/h6-13,18-19H,1,3,14-17,36H2,2,4-5H3. The van der Waals surface area contributed by atoms with Gasteiger partial charge in [-0.3, -0.25) is 0 Å². The van der Waals surface area contributed by atoms with E-state index in [1.54, 1.807) is 12.1 Å². The van der Waals surface area contributed by atoms with E-state index in [0.29, 0.717) is 5.69 Å². The van der Waals surface area contributed by atoms with Crippen LogP contribution in [0.4, 0.5) is 5.69 Å². The second-order valence-electron chi connectivity index (χ2n) is 10.2. The summed E-state index contributed by atoms with van der Waals surface area (Å²) in [5.74, 6) is -5.68. The van der Waals surface area contributed by atoms with E-state index in [9.17, 15) is 28.8 Å². The van der Waals surface area contributed by atoms with E-state index in [2.05, 4.69) is 13.2 Å². The Morgan fingerprint density at radius 2 is 0.875 bits per heavy atom. The van der Waals surface area contributed by atoms with E-state index in [1.807, 2.05) is 6.92 Å². The highest BCUT2D eigenvalue weighted by molar-refractivity contribution is 6.11. The maximum atomic E-state index is 13.5. The molecule has 0 amide bonds. The Morgan fingerprint density at radius 1 is 0.542 bits per heavy atom. The number of nitrogen functional groups attached to an aromatic ring is 1. The lowest BCUT2D eigenvalue weighted by atomic mass is 9.97. The maximum absolute atomic E-state index is 13.5. The van der Waals surface area contributed by atoms with Crippen LogP contribution in [0.3, 0.4) is 0 Å². The van der Waals surface area contributed by atoms with Crippen LogP contribution < -0.4 is 15.2 Å². The Balaban J connectivity index is 2.03. The first kappa shape index (κ1) is 36.2. The van der Waals surface area contributed by atoms with E-state index >= 15 is 0 Å². The zero-order chi connectivity index (χ0) is 35.4. The molecule has 3 rings (SSSR count). The van der Waals surface area contributed by atoms with Crippen molar-refractivity contribution in [3.8, 4) is 11.5 Å². The summed E-state index contributed by atoms with van der Waals surface area (Å²) >= 11 is 0. The minimum Gasteiger partial charge on any atom is -0.459 e. The normalized spacial score (nSPS) is 10.2. The third kappa shape index (κ3) is 10.4. The molecule has 0 unspecified atom stereocenters. The van der Waals surface area contributed by atoms with Gasteiger partial charge in [-0.25, -0.2) is 28.8 Å². The zero-order valence-electron chi connectivity index (χ0n) is 26.5. The largest absolute Gasteiger partial charge is 0.459 e. The summed E-state index contributed by atoms with van der Waals surface area (Å²) in [6, 6.07) is 14.0. The first-order valence-corrected chi connectivity index (χ1v) is 14.3. The molecule has 0 aliphatic heterocycles. The molecule has 3 aromatic carbocycles. The number of rotatable bonds is 14. The van der Waals surface area contributed by atoms with Gasteiger partial charge in [0.15, 0.2) is 0 Å². The molecule has 0 heterocycles. The summed E-state index contributed by atoms with van der Waals surface area (Å²) in [4.78, 5) is 76.8. The van der Waals surface area contributed by atoms with E-state index in [0.717, 1.165) is 17.7 Å². The van der Waals surface area contributed by atoms with Gasteiger partial charge in [0.1, 0.15) is 37.9 Å². The quantitative estimate of drug-likeness (QED) is 0.0635. The average molecular weight is 660 g/mol. The van der Waals surface area contributed by atoms with Crippen LogP contribution in [0, 0.1) is 6.92 Å². The lowest BCUT2D eigenvalue weighted by Crippen LogP contribution is -2.23. The van der Waals surface area contributed by atoms with Crippen molar-refractivity contribution < 1.29 is 57.2 Å². The SMILES string of the molecule is C=C(C)C(=O)OCCOC(=O)c1cc(C(=O)OCCOC(=O)C(=C)C)c(C(=O)Oc2ccc(N)cc2)cc1C(=O)Oc1ccc(C)cc1. The molecule has 0 bridgehead atoms. The van der Waals surface area contributed by atoms with Crippen LogP contribution in [-0.4, -0.2) is 62.2 Å². The fourth-order valence-electron chi connectivity index (χ4n) is 3.68. The fourth-order valence-corrected chi connectivity index (χ4v) is 3.68. The van der Waals surface area contributed by atoms with Crippen molar-refractivity contribution in [2.75, 3.05) is 32.2 Å². The summed E-state index contributed by atoms with van der Waals surface area (Å²) < 4.78 is 31.1. The third-order valence-corrected chi connectivity index (χ3v) is 6.16. The summed E-state index contributed by atoms with van der Waals surface area (Å²) in [6.45, 7) is 10.1. The lowest BCUT2D eigenvalue weighted by molar-refractivity contribution is -0.140. The maximum Gasteiger partial charge on any atom is 0.344 e.